The molecule has 0 saturated heterocycles. The second-order valence-electron chi connectivity index (χ2n) is 7.70. The lowest BCUT2D eigenvalue weighted by Gasteiger charge is -2.03. The summed E-state index contributed by atoms with van der Waals surface area (Å²) in [6.45, 7) is 0. The number of aromatic nitrogens is 1. The highest BCUT2D eigenvalue weighted by atomic mass is 79.9. The molecule has 0 saturated carbocycles. The maximum atomic E-state index is 12.5. The number of benzene rings is 3. The highest BCUT2D eigenvalue weighted by molar-refractivity contribution is 9.10. The van der Waals surface area contributed by atoms with Crippen molar-refractivity contribution in [3.05, 3.63) is 93.1 Å². The van der Waals surface area contributed by atoms with Crippen LogP contribution in [0.3, 0.4) is 0 Å². The van der Waals surface area contributed by atoms with Crippen LogP contribution in [0.4, 0.5) is 5.69 Å². The van der Waals surface area contributed by atoms with Crippen molar-refractivity contribution >= 4 is 67.9 Å². The Morgan fingerprint density at radius 2 is 1.89 bits per heavy atom. The average Bonchev–Trinajstić information content (AvgIpc) is 3.49. The number of rotatable bonds is 6. The fraction of sp³-hybridized carbons (Fsp3) is 0.0370. The quantitative estimate of drug-likeness (QED) is 0.203. The predicted molar refractivity (Wildman–Crippen MR) is 146 cm³/mol. The van der Waals surface area contributed by atoms with E-state index in [1.165, 1.54) is 6.08 Å². The van der Waals surface area contributed by atoms with Crippen molar-refractivity contribution in [1.29, 1.82) is 0 Å². The second-order valence-corrected chi connectivity index (χ2v) is 9.40. The van der Waals surface area contributed by atoms with Gasteiger partial charge in [-0.2, -0.15) is 0 Å². The molecule has 0 spiro atoms. The highest BCUT2D eigenvalue weighted by Crippen LogP contribution is 2.33. The fourth-order valence-corrected chi connectivity index (χ4v) is 4.59. The molecule has 2 heterocycles. The van der Waals surface area contributed by atoms with E-state index >= 15 is 0 Å². The molecule has 3 aromatic carbocycles. The normalized spacial score (nSPS) is 11.3. The molecule has 0 aliphatic carbocycles. The van der Waals surface area contributed by atoms with Crippen molar-refractivity contribution in [1.82, 2.24) is 4.98 Å². The van der Waals surface area contributed by atoms with E-state index in [1.807, 2.05) is 18.2 Å². The molecule has 6 nitrogen and oxygen atoms in total. The van der Waals surface area contributed by atoms with Crippen molar-refractivity contribution < 1.29 is 18.4 Å². The lowest BCUT2D eigenvalue weighted by atomic mass is 10.2. The zero-order valence-corrected chi connectivity index (χ0v) is 21.8. The van der Waals surface area contributed by atoms with Gasteiger partial charge in [-0.3, -0.25) is 4.79 Å². The van der Waals surface area contributed by atoms with Crippen molar-refractivity contribution in [2.45, 2.75) is 0 Å². The summed E-state index contributed by atoms with van der Waals surface area (Å²) in [5.41, 5.74) is 3.32. The number of amides is 1. The Bertz CT molecular complexity index is 1620. The number of furan rings is 1. The van der Waals surface area contributed by atoms with Crippen molar-refractivity contribution in [3.8, 4) is 28.5 Å². The molecule has 0 bridgehead atoms. The standard InChI is InChI=1S/C27H17BrCl2N2O4/c1-34-24-8-2-15(12-20(24)28)27-32-22-14-17(4-9-25(22)36-27)31-26(33)11-6-18-5-10-23(35-18)19-7-3-16(29)13-21(19)30/h2-14H,1H3,(H,31,33). The van der Waals surface area contributed by atoms with E-state index < -0.39 is 0 Å². The third kappa shape index (κ3) is 5.18. The Hall–Kier alpha value is -3.52. The van der Waals surface area contributed by atoms with Crippen LogP contribution in [0.2, 0.25) is 10.0 Å². The average molecular weight is 584 g/mol. The summed E-state index contributed by atoms with van der Waals surface area (Å²) in [6.07, 6.45) is 2.97. The number of fused-ring (bicyclic) bond motifs is 1. The number of oxazole rings is 1. The summed E-state index contributed by atoms with van der Waals surface area (Å²) in [7, 11) is 1.60. The first-order chi connectivity index (χ1) is 17.4. The number of anilines is 1. The topological polar surface area (TPSA) is 77.5 Å². The monoisotopic (exact) mass is 582 g/mol. The molecule has 1 amide bonds. The SMILES string of the molecule is COc1ccc(-c2nc3cc(NC(=O)C=Cc4ccc(-c5ccc(Cl)cc5Cl)o4)ccc3o2)cc1Br. The van der Waals surface area contributed by atoms with Gasteiger partial charge in [0.25, 0.3) is 0 Å². The predicted octanol–water partition coefficient (Wildman–Crippen LogP) is 8.48. The Morgan fingerprint density at radius 3 is 2.67 bits per heavy atom. The van der Waals surface area contributed by atoms with E-state index in [2.05, 4.69) is 26.2 Å². The number of nitrogens with zero attached hydrogens (tertiary/aromatic N) is 1. The van der Waals surface area contributed by atoms with Crippen LogP contribution in [0.25, 0.3) is 40.0 Å². The van der Waals surface area contributed by atoms with Gasteiger partial charge in [-0.1, -0.05) is 23.2 Å². The van der Waals surface area contributed by atoms with Crippen molar-refractivity contribution in [2.24, 2.45) is 0 Å². The molecule has 0 aliphatic rings. The maximum absolute atomic E-state index is 12.5. The van der Waals surface area contributed by atoms with E-state index in [-0.39, 0.29) is 5.91 Å². The van der Waals surface area contributed by atoms with Gasteiger partial charge in [0, 0.05) is 27.9 Å². The third-order valence-electron chi connectivity index (χ3n) is 5.28. The molecule has 0 aliphatic heterocycles. The minimum atomic E-state index is -0.320. The summed E-state index contributed by atoms with van der Waals surface area (Å²) in [4.78, 5) is 17.0. The molecular weight excluding hydrogens is 567 g/mol. The number of nitrogens with one attached hydrogen (secondary N) is 1. The molecule has 0 unspecified atom stereocenters. The van der Waals surface area contributed by atoms with Gasteiger partial charge < -0.3 is 18.9 Å². The largest absolute Gasteiger partial charge is 0.496 e. The Balaban J connectivity index is 1.28. The van der Waals surface area contributed by atoms with Crippen LogP contribution in [-0.4, -0.2) is 18.0 Å². The van der Waals surface area contributed by atoms with Gasteiger partial charge in [-0.25, -0.2) is 4.98 Å². The van der Waals surface area contributed by atoms with Crippen LogP contribution in [-0.2, 0) is 4.79 Å². The third-order valence-corrected chi connectivity index (χ3v) is 6.44. The van der Waals surface area contributed by atoms with Crippen LogP contribution in [0.1, 0.15) is 5.76 Å². The van der Waals surface area contributed by atoms with E-state index in [0.29, 0.717) is 55.6 Å². The Labute approximate surface area is 224 Å². The molecule has 0 fully saturated rings. The van der Waals surface area contributed by atoms with Gasteiger partial charge in [0.2, 0.25) is 11.8 Å². The van der Waals surface area contributed by atoms with Crippen molar-refractivity contribution in [2.75, 3.05) is 12.4 Å². The maximum Gasteiger partial charge on any atom is 0.248 e. The van der Waals surface area contributed by atoms with Crippen LogP contribution in [0, 0.1) is 0 Å². The number of ether oxygens (including phenoxy) is 1. The van der Waals surface area contributed by atoms with E-state index in [0.717, 1.165) is 10.0 Å². The van der Waals surface area contributed by atoms with Crippen LogP contribution >= 0.6 is 39.1 Å². The fourth-order valence-electron chi connectivity index (χ4n) is 3.55. The van der Waals surface area contributed by atoms with Gasteiger partial charge >= 0.3 is 0 Å². The van der Waals surface area contributed by atoms with E-state index in [9.17, 15) is 4.79 Å². The van der Waals surface area contributed by atoms with Gasteiger partial charge in [-0.15, -0.1) is 0 Å². The van der Waals surface area contributed by atoms with Crippen LogP contribution in [0.5, 0.6) is 5.75 Å². The lowest BCUT2D eigenvalue weighted by molar-refractivity contribution is -0.111. The summed E-state index contributed by atoms with van der Waals surface area (Å²) in [5.74, 6) is 1.94. The Kier molecular flexibility index (Phi) is 6.87. The van der Waals surface area contributed by atoms with Crippen LogP contribution < -0.4 is 10.1 Å². The van der Waals surface area contributed by atoms with Crippen LogP contribution in [0.15, 0.2) is 86.1 Å². The number of methoxy groups -OCH3 is 1. The van der Waals surface area contributed by atoms with E-state index in [4.69, 9.17) is 36.8 Å². The number of hydrogen-bond donors (Lipinski definition) is 1. The molecular formula is C27H17BrCl2N2O4. The first kappa shape index (κ1) is 24.2. The smallest absolute Gasteiger partial charge is 0.248 e. The summed E-state index contributed by atoms with van der Waals surface area (Å²) in [6, 6.07) is 19.5. The molecule has 36 heavy (non-hydrogen) atoms. The van der Waals surface area contributed by atoms with Gasteiger partial charge in [-0.05, 0) is 88.7 Å². The molecule has 5 aromatic rings. The molecule has 2 aromatic heterocycles. The molecule has 180 valence electrons. The Morgan fingerprint density at radius 1 is 1.03 bits per heavy atom. The molecule has 0 radical (unpaired) electrons. The second kappa shape index (κ2) is 10.2. The van der Waals surface area contributed by atoms with E-state index in [1.54, 1.807) is 61.7 Å². The summed E-state index contributed by atoms with van der Waals surface area (Å²) in [5, 5.41) is 3.85. The summed E-state index contributed by atoms with van der Waals surface area (Å²) < 4.78 is 17.7. The number of halogens is 3. The molecule has 9 heteroatoms. The highest BCUT2D eigenvalue weighted by Gasteiger charge is 2.12. The minimum absolute atomic E-state index is 0.320. The minimum Gasteiger partial charge on any atom is -0.496 e. The number of carbonyl (C=O) groups excluding carboxylic acids is 1. The van der Waals surface area contributed by atoms with Gasteiger partial charge in [0.05, 0.1) is 16.6 Å². The van der Waals surface area contributed by atoms with Gasteiger partial charge in [0.15, 0.2) is 5.58 Å². The molecule has 0 atom stereocenters. The van der Waals surface area contributed by atoms with Gasteiger partial charge in [0.1, 0.15) is 22.8 Å². The van der Waals surface area contributed by atoms with Crippen molar-refractivity contribution in [3.63, 3.8) is 0 Å². The molecule has 1 N–H and O–H groups in total. The first-order valence-electron chi connectivity index (χ1n) is 10.7. The number of carbonyl (C=O) groups is 1. The zero-order chi connectivity index (χ0) is 25.2. The summed E-state index contributed by atoms with van der Waals surface area (Å²) >= 11 is 15.7. The molecule has 5 rings (SSSR count). The number of hydrogen-bond acceptors (Lipinski definition) is 5. The zero-order valence-electron chi connectivity index (χ0n) is 18.7. The lowest BCUT2D eigenvalue weighted by Crippen LogP contribution is -2.07. The first-order valence-corrected chi connectivity index (χ1v) is 12.2.